The maximum atomic E-state index is 8.51. The van der Waals surface area contributed by atoms with Crippen LogP contribution >= 0.6 is 0 Å². The number of benzene rings is 8. The van der Waals surface area contributed by atoms with Crippen molar-refractivity contribution in [2.45, 2.75) is 0 Å². The van der Waals surface area contributed by atoms with Crippen LogP contribution in [0.1, 0.15) is 13.7 Å². The zero-order valence-corrected chi connectivity index (χ0v) is 26.8. The second-order valence-electron chi connectivity index (χ2n) is 11.9. The minimum absolute atomic E-state index is 0.106. The molecule has 0 aliphatic carbocycles. The average molecular weight is 649 g/mol. The van der Waals surface area contributed by atoms with E-state index in [1.165, 1.54) is 5.39 Å². The van der Waals surface area contributed by atoms with E-state index in [0.717, 1.165) is 38.9 Å². The average Bonchev–Trinajstić information content (AvgIpc) is 3.61. The predicted molar refractivity (Wildman–Crippen MR) is 212 cm³/mol. The second-order valence-corrected chi connectivity index (χ2v) is 11.9. The van der Waals surface area contributed by atoms with Crippen molar-refractivity contribution >= 4 is 38.9 Å². The van der Waals surface area contributed by atoms with Crippen LogP contribution in [0.5, 0.6) is 0 Å². The smallest absolute Gasteiger partial charge is 0.0629 e. The number of hydrogen-bond donors (Lipinski definition) is 0. The van der Waals surface area contributed by atoms with Crippen molar-refractivity contribution < 1.29 is 13.7 Å². The summed E-state index contributed by atoms with van der Waals surface area (Å²) in [6, 6.07) is 43.9. The van der Waals surface area contributed by atoms with E-state index in [1.807, 2.05) is 59.5 Å². The molecule has 0 atom stereocenters. The standard InChI is InChI=1S/C48H34N2/c1-4-12-35(13-5-1)37-20-27-42(28-21-37)49(43-29-22-38(23-30-43)36-14-6-2-7-15-36)44-31-24-39(25-32-44)40-26-33-46-45-18-10-11-19-47(45)50(48(46)34-40)41-16-8-3-9-17-41/h1-34H/i1D,2D,4D,5D,6D,7D,12D,13D,14D,15D. The van der Waals surface area contributed by atoms with Crippen molar-refractivity contribution in [3.05, 3.63) is 206 Å². The second kappa shape index (κ2) is 12.8. The predicted octanol–water partition coefficient (Wildman–Crippen LogP) is 13.3. The van der Waals surface area contributed by atoms with Gasteiger partial charge in [-0.2, -0.15) is 0 Å². The van der Waals surface area contributed by atoms with E-state index in [-0.39, 0.29) is 35.3 Å². The molecule has 0 radical (unpaired) electrons. The van der Waals surface area contributed by atoms with Crippen LogP contribution in [0.25, 0.3) is 60.9 Å². The lowest BCUT2D eigenvalue weighted by molar-refractivity contribution is 1.18. The van der Waals surface area contributed by atoms with Crippen molar-refractivity contribution in [1.82, 2.24) is 4.57 Å². The van der Waals surface area contributed by atoms with E-state index in [2.05, 4.69) is 71.3 Å². The molecule has 1 heterocycles. The van der Waals surface area contributed by atoms with Gasteiger partial charge in [0.05, 0.1) is 24.7 Å². The summed E-state index contributed by atoms with van der Waals surface area (Å²) in [5, 5.41) is 2.32. The number of aromatic nitrogens is 1. The summed E-state index contributed by atoms with van der Waals surface area (Å²) in [5.74, 6) is 0. The van der Waals surface area contributed by atoms with Gasteiger partial charge in [0.15, 0.2) is 0 Å². The number of fused-ring (bicyclic) bond motifs is 3. The van der Waals surface area contributed by atoms with Gasteiger partial charge in [0.25, 0.3) is 0 Å². The lowest BCUT2D eigenvalue weighted by Gasteiger charge is -2.26. The van der Waals surface area contributed by atoms with E-state index < -0.39 is 36.3 Å². The summed E-state index contributed by atoms with van der Waals surface area (Å²) in [6.07, 6.45) is 0. The Morgan fingerprint density at radius 2 is 0.800 bits per heavy atom. The maximum absolute atomic E-state index is 8.51. The molecule has 0 fully saturated rings. The first-order chi connectivity index (χ1) is 28.9. The van der Waals surface area contributed by atoms with Gasteiger partial charge in [0.2, 0.25) is 0 Å². The zero-order chi connectivity index (χ0) is 42.0. The lowest BCUT2D eigenvalue weighted by atomic mass is 10.0. The third-order valence-electron chi connectivity index (χ3n) is 8.98. The highest BCUT2D eigenvalue weighted by atomic mass is 15.1. The minimum Gasteiger partial charge on any atom is -0.311 e. The monoisotopic (exact) mass is 648 g/mol. The topological polar surface area (TPSA) is 8.17 Å². The molecule has 0 amide bonds. The van der Waals surface area contributed by atoms with Gasteiger partial charge in [-0.25, -0.2) is 0 Å². The molecule has 0 saturated carbocycles. The van der Waals surface area contributed by atoms with Gasteiger partial charge in [-0.15, -0.1) is 0 Å². The van der Waals surface area contributed by atoms with E-state index in [4.69, 9.17) is 13.7 Å². The van der Waals surface area contributed by atoms with E-state index in [1.54, 1.807) is 24.3 Å². The molecular formula is C48H34N2. The SMILES string of the molecule is [2H]c1c([2H])c([2H])c(-c2ccc(N(c3ccc(-c4ccc5c6ccccc6n(-c6ccccc6)c5c4)cc3)c3ccc(-c4c([2H])c([2H])c([2H])c([2H])c4[2H])cc3)cc2)c([2H])c1[2H]. The number of para-hydroxylation sites is 2. The quantitative estimate of drug-likeness (QED) is 0.167. The molecule has 0 N–H and O–H groups in total. The highest BCUT2D eigenvalue weighted by molar-refractivity contribution is 6.10. The Balaban J connectivity index is 1.14. The number of rotatable bonds is 7. The van der Waals surface area contributed by atoms with Gasteiger partial charge in [-0.1, -0.05) is 145 Å². The molecule has 8 aromatic carbocycles. The zero-order valence-electron chi connectivity index (χ0n) is 36.8. The summed E-state index contributed by atoms with van der Waals surface area (Å²) < 4.78 is 85.1. The summed E-state index contributed by atoms with van der Waals surface area (Å²) in [7, 11) is 0. The fourth-order valence-corrected chi connectivity index (χ4v) is 6.60. The van der Waals surface area contributed by atoms with Crippen molar-refractivity contribution in [2.75, 3.05) is 4.90 Å². The van der Waals surface area contributed by atoms with E-state index >= 15 is 0 Å². The van der Waals surface area contributed by atoms with Crippen LogP contribution in [0.2, 0.25) is 0 Å². The van der Waals surface area contributed by atoms with Crippen molar-refractivity contribution in [3.8, 4) is 39.1 Å². The minimum atomic E-state index is -0.453. The van der Waals surface area contributed by atoms with Crippen molar-refractivity contribution in [2.24, 2.45) is 0 Å². The summed E-state index contributed by atoms with van der Waals surface area (Å²) in [5.41, 5.74) is 8.67. The Hall–Kier alpha value is -6.64. The van der Waals surface area contributed by atoms with Gasteiger partial charge in [0, 0.05) is 33.5 Å². The molecule has 0 aliphatic heterocycles. The van der Waals surface area contributed by atoms with Crippen LogP contribution in [0.3, 0.4) is 0 Å². The van der Waals surface area contributed by atoms with E-state index in [9.17, 15) is 0 Å². The molecule has 2 heteroatoms. The highest BCUT2D eigenvalue weighted by Gasteiger charge is 2.16. The summed E-state index contributed by atoms with van der Waals surface area (Å²) >= 11 is 0. The summed E-state index contributed by atoms with van der Waals surface area (Å²) in [4.78, 5) is 2.00. The fraction of sp³-hybridized carbons (Fsp3) is 0. The van der Waals surface area contributed by atoms with Crippen LogP contribution in [0.4, 0.5) is 17.1 Å². The van der Waals surface area contributed by atoms with Crippen LogP contribution in [0, 0.1) is 0 Å². The molecule has 2 nitrogen and oxygen atoms in total. The largest absolute Gasteiger partial charge is 0.311 e. The van der Waals surface area contributed by atoms with Crippen LogP contribution in [0.15, 0.2) is 206 Å². The highest BCUT2D eigenvalue weighted by Crippen LogP contribution is 2.39. The molecule has 50 heavy (non-hydrogen) atoms. The van der Waals surface area contributed by atoms with Gasteiger partial charge >= 0.3 is 0 Å². The molecule has 9 aromatic rings. The Labute approximate surface area is 306 Å². The molecule has 0 unspecified atom stereocenters. The number of nitrogens with zero attached hydrogens (tertiary/aromatic N) is 2. The first-order valence-electron chi connectivity index (χ1n) is 21.3. The van der Waals surface area contributed by atoms with Gasteiger partial charge in [-0.05, 0) is 94.0 Å². The van der Waals surface area contributed by atoms with Gasteiger partial charge in [-0.3, -0.25) is 0 Å². The molecule has 0 aliphatic rings. The third-order valence-corrected chi connectivity index (χ3v) is 8.98. The Bertz CT molecular complexity index is 2960. The van der Waals surface area contributed by atoms with Gasteiger partial charge < -0.3 is 9.47 Å². The first kappa shape index (κ1) is 20.7. The number of hydrogen-bond acceptors (Lipinski definition) is 1. The Morgan fingerprint density at radius 3 is 1.34 bits per heavy atom. The Morgan fingerprint density at radius 1 is 0.360 bits per heavy atom. The molecular weight excluding hydrogens is 605 g/mol. The molecule has 9 rings (SSSR count). The van der Waals surface area contributed by atoms with Crippen molar-refractivity contribution in [3.63, 3.8) is 0 Å². The normalized spacial score (nSPS) is 14.0. The van der Waals surface area contributed by atoms with Crippen LogP contribution in [-0.2, 0) is 0 Å². The molecule has 1 aromatic heterocycles. The van der Waals surface area contributed by atoms with E-state index in [0.29, 0.717) is 22.5 Å². The van der Waals surface area contributed by atoms with Gasteiger partial charge in [0.1, 0.15) is 0 Å². The lowest BCUT2D eigenvalue weighted by Crippen LogP contribution is -2.09. The van der Waals surface area contributed by atoms with Crippen LogP contribution in [-0.4, -0.2) is 4.57 Å². The number of anilines is 3. The first-order valence-corrected chi connectivity index (χ1v) is 16.3. The molecule has 236 valence electrons. The van der Waals surface area contributed by atoms with Crippen molar-refractivity contribution in [1.29, 1.82) is 0 Å². The molecule has 0 bridgehead atoms. The summed E-state index contributed by atoms with van der Waals surface area (Å²) in [6.45, 7) is 0. The molecule has 0 saturated heterocycles. The maximum Gasteiger partial charge on any atom is 0.0629 e. The third kappa shape index (κ3) is 5.43. The Kier molecular flexibility index (Phi) is 5.27. The molecule has 0 spiro atoms. The van der Waals surface area contributed by atoms with Crippen LogP contribution < -0.4 is 4.90 Å². The fourth-order valence-electron chi connectivity index (χ4n) is 6.60.